The molecule has 4 rings (SSSR count). The summed E-state index contributed by atoms with van der Waals surface area (Å²) >= 11 is 0. The molecule has 14 heteroatoms. The van der Waals surface area contributed by atoms with Crippen molar-refractivity contribution in [3.8, 4) is 5.75 Å². The maximum absolute atomic E-state index is 12.6. The molecule has 3 aliphatic heterocycles. The Kier molecular flexibility index (Phi) is 7.21. The van der Waals surface area contributed by atoms with Crippen molar-refractivity contribution in [2.24, 2.45) is 5.92 Å². The zero-order chi connectivity index (χ0) is 24.3. The van der Waals surface area contributed by atoms with Crippen molar-refractivity contribution >= 4 is 28.2 Å². The number of hydrogen-bond donors (Lipinski definition) is 4. The zero-order valence-electron chi connectivity index (χ0n) is 18.3. The minimum atomic E-state index is -4.87. The van der Waals surface area contributed by atoms with Gasteiger partial charge in [-0.05, 0) is 43.5 Å². The quantitative estimate of drug-likeness (QED) is 0.270. The summed E-state index contributed by atoms with van der Waals surface area (Å²) in [4.78, 5) is 38.4. The van der Waals surface area contributed by atoms with Crippen molar-refractivity contribution in [1.82, 2.24) is 26.1 Å². The van der Waals surface area contributed by atoms with E-state index < -0.39 is 40.3 Å². The summed E-state index contributed by atoms with van der Waals surface area (Å²) in [7, 11) is -4.87. The van der Waals surface area contributed by atoms with E-state index in [1.54, 1.807) is 18.2 Å². The smallest absolute Gasteiger partial charge is 0.418 e. The van der Waals surface area contributed by atoms with Crippen LogP contribution in [-0.2, 0) is 30.7 Å². The Balaban J connectivity index is 1.25. The third kappa shape index (κ3) is 5.94. The first-order valence-corrected chi connectivity index (χ1v) is 12.3. The number of hydrazine groups is 1. The van der Waals surface area contributed by atoms with Gasteiger partial charge < -0.3 is 15.0 Å². The summed E-state index contributed by atoms with van der Waals surface area (Å²) in [5.41, 5.74) is 5.37. The molecule has 0 aliphatic carbocycles. The number of fused-ring (bicyclic) bond motifs is 2. The van der Waals surface area contributed by atoms with Gasteiger partial charge in [-0.2, -0.15) is 13.5 Å². The van der Waals surface area contributed by atoms with Gasteiger partial charge in [0.1, 0.15) is 11.8 Å². The fourth-order valence-electron chi connectivity index (χ4n) is 4.36. The van der Waals surface area contributed by atoms with Crippen LogP contribution in [0.4, 0.5) is 4.79 Å². The van der Waals surface area contributed by atoms with Gasteiger partial charge in [0, 0.05) is 19.0 Å². The molecule has 3 heterocycles. The van der Waals surface area contributed by atoms with Crippen molar-refractivity contribution in [3.05, 3.63) is 29.8 Å². The molecule has 0 unspecified atom stereocenters. The van der Waals surface area contributed by atoms with Crippen LogP contribution in [0.1, 0.15) is 24.8 Å². The number of rotatable bonds is 8. The number of carbonyl (C=O) groups is 3. The third-order valence-electron chi connectivity index (χ3n) is 6.04. The van der Waals surface area contributed by atoms with Gasteiger partial charge in [-0.1, -0.05) is 12.1 Å². The molecular formula is C20H27N5O8S. The fourth-order valence-corrected chi connectivity index (χ4v) is 4.75. The van der Waals surface area contributed by atoms with E-state index in [1.807, 2.05) is 6.07 Å². The SMILES string of the molecule is O=C(Cc1cccc(OC[C@@H]2CCNC2)c1)NNC(=O)[C@@H]1CC[C@@H]2CN1C(=O)N2OS(=O)(=O)O. The minimum Gasteiger partial charge on any atom is -0.493 e. The first-order valence-electron chi connectivity index (χ1n) is 11.0. The Labute approximate surface area is 196 Å². The van der Waals surface area contributed by atoms with E-state index in [2.05, 4.69) is 20.5 Å². The number of ether oxygens (including phenoxy) is 1. The van der Waals surface area contributed by atoms with Gasteiger partial charge >= 0.3 is 16.4 Å². The highest BCUT2D eigenvalue weighted by Gasteiger charge is 2.49. The molecule has 0 radical (unpaired) electrons. The average molecular weight is 498 g/mol. The highest BCUT2D eigenvalue weighted by molar-refractivity contribution is 7.80. The number of hydroxylamine groups is 2. The molecular weight excluding hydrogens is 470 g/mol. The number of nitrogens with one attached hydrogen (secondary N) is 3. The second-order valence-electron chi connectivity index (χ2n) is 8.54. The standard InChI is InChI=1S/C20H27N5O8S/c26-18(9-13-2-1-3-16(8-13)32-12-14-6-7-21-10-14)22-23-19(27)17-5-4-15-11-24(17)20(28)25(15)33-34(29,30)31/h1-3,8,14-15,17,21H,4-7,9-12H2,(H,22,26)(H,23,27)(H,29,30,31)/t14-,15-,17+/m1/s1. The largest absolute Gasteiger partial charge is 0.493 e. The number of hydrogen-bond acceptors (Lipinski definition) is 8. The van der Waals surface area contributed by atoms with E-state index in [1.165, 1.54) is 0 Å². The molecule has 4 amide bonds. The van der Waals surface area contributed by atoms with Crippen LogP contribution in [0.3, 0.4) is 0 Å². The summed E-state index contributed by atoms with van der Waals surface area (Å²) in [5.74, 6) is 0.0630. The molecule has 0 saturated carbocycles. The van der Waals surface area contributed by atoms with Crippen LogP contribution in [0.5, 0.6) is 5.75 Å². The molecule has 0 spiro atoms. The van der Waals surface area contributed by atoms with E-state index in [0.717, 1.165) is 24.4 Å². The number of amides is 4. The number of benzene rings is 1. The predicted octanol–water partition coefficient (Wildman–Crippen LogP) is -0.632. The molecule has 34 heavy (non-hydrogen) atoms. The van der Waals surface area contributed by atoms with Gasteiger partial charge in [-0.15, -0.1) is 4.28 Å². The van der Waals surface area contributed by atoms with Gasteiger partial charge in [0.25, 0.3) is 5.91 Å². The fraction of sp³-hybridized carbons (Fsp3) is 0.550. The highest BCUT2D eigenvalue weighted by Crippen LogP contribution is 2.30. The van der Waals surface area contributed by atoms with Crippen LogP contribution in [-0.4, -0.2) is 79.1 Å². The topological polar surface area (TPSA) is 167 Å². The van der Waals surface area contributed by atoms with Crippen LogP contribution >= 0.6 is 0 Å². The van der Waals surface area contributed by atoms with Crippen LogP contribution in [0.15, 0.2) is 24.3 Å². The maximum atomic E-state index is 12.6. The lowest BCUT2D eigenvalue weighted by molar-refractivity contribution is -0.131. The molecule has 13 nitrogen and oxygen atoms in total. The van der Waals surface area contributed by atoms with Crippen molar-refractivity contribution in [2.75, 3.05) is 26.2 Å². The van der Waals surface area contributed by atoms with E-state index in [0.29, 0.717) is 28.9 Å². The van der Waals surface area contributed by atoms with Crippen molar-refractivity contribution in [3.63, 3.8) is 0 Å². The Morgan fingerprint density at radius 1 is 1.21 bits per heavy atom. The van der Waals surface area contributed by atoms with Gasteiger partial charge in [0.2, 0.25) is 5.91 Å². The van der Waals surface area contributed by atoms with Crippen molar-refractivity contribution < 1.29 is 36.4 Å². The lowest BCUT2D eigenvalue weighted by Crippen LogP contribution is -2.54. The van der Waals surface area contributed by atoms with Crippen molar-refractivity contribution in [2.45, 2.75) is 37.8 Å². The molecule has 186 valence electrons. The van der Waals surface area contributed by atoms with Crippen LogP contribution < -0.4 is 20.9 Å². The Hall–Kier alpha value is -2.94. The van der Waals surface area contributed by atoms with Gasteiger partial charge in [-0.25, -0.2) is 4.79 Å². The Bertz CT molecular complexity index is 1050. The summed E-state index contributed by atoms with van der Waals surface area (Å²) < 4.78 is 40.9. The average Bonchev–Trinajstić information content (AvgIpc) is 3.39. The van der Waals surface area contributed by atoms with Crippen molar-refractivity contribution in [1.29, 1.82) is 0 Å². The zero-order valence-corrected chi connectivity index (χ0v) is 19.1. The second kappa shape index (κ2) is 10.1. The first-order chi connectivity index (χ1) is 16.2. The molecule has 3 saturated heterocycles. The molecule has 3 aliphatic rings. The second-order valence-corrected chi connectivity index (χ2v) is 9.55. The lowest BCUT2D eigenvalue weighted by Gasteiger charge is -2.29. The summed E-state index contributed by atoms with van der Waals surface area (Å²) in [6, 6.07) is 4.80. The molecule has 3 atom stereocenters. The van der Waals surface area contributed by atoms with Gasteiger partial charge in [0.05, 0.1) is 19.1 Å². The maximum Gasteiger partial charge on any atom is 0.418 e. The summed E-state index contributed by atoms with van der Waals surface area (Å²) in [5, 5.41) is 3.84. The molecule has 1 aromatic carbocycles. The summed E-state index contributed by atoms with van der Waals surface area (Å²) in [6.45, 7) is 2.58. The Morgan fingerprint density at radius 2 is 2.03 bits per heavy atom. The van der Waals surface area contributed by atoms with Crippen LogP contribution in [0.25, 0.3) is 0 Å². The van der Waals surface area contributed by atoms with E-state index in [9.17, 15) is 22.8 Å². The van der Waals surface area contributed by atoms with E-state index >= 15 is 0 Å². The monoisotopic (exact) mass is 497 g/mol. The number of nitrogens with zero attached hydrogens (tertiary/aromatic N) is 2. The first kappa shape index (κ1) is 24.2. The Morgan fingerprint density at radius 3 is 2.76 bits per heavy atom. The van der Waals surface area contributed by atoms with Crippen LogP contribution in [0, 0.1) is 5.92 Å². The number of piperidine rings is 1. The van der Waals surface area contributed by atoms with E-state index in [4.69, 9.17) is 9.29 Å². The summed E-state index contributed by atoms with van der Waals surface area (Å²) in [6.07, 6.45) is 1.60. The minimum absolute atomic E-state index is 0.00776. The number of carbonyl (C=O) groups excluding carboxylic acids is 3. The molecule has 1 aromatic rings. The molecule has 4 N–H and O–H groups in total. The molecule has 0 aromatic heterocycles. The normalized spacial score (nSPS) is 24.3. The highest BCUT2D eigenvalue weighted by atomic mass is 32.3. The lowest BCUT2D eigenvalue weighted by atomic mass is 10.0. The number of urea groups is 1. The van der Waals surface area contributed by atoms with Gasteiger partial charge in [-0.3, -0.25) is 25.0 Å². The van der Waals surface area contributed by atoms with Gasteiger partial charge in [0.15, 0.2) is 0 Å². The van der Waals surface area contributed by atoms with Crippen LogP contribution in [0.2, 0.25) is 0 Å². The third-order valence-corrected chi connectivity index (χ3v) is 6.39. The molecule has 2 bridgehead atoms. The molecule has 3 fully saturated rings. The predicted molar refractivity (Wildman–Crippen MR) is 116 cm³/mol. The van der Waals surface area contributed by atoms with E-state index in [-0.39, 0.29) is 25.8 Å².